The van der Waals surface area contributed by atoms with Crippen molar-refractivity contribution in [1.82, 2.24) is 10.2 Å². The number of hydrogen-bond donors (Lipinski definition) is 1. The average molecular weight is 506 g/mol. The summed E-state index contributed by atoms with van der Waals surface area (Å²) in [4.78, 5) is 27.9. The maximum Gasteiger partial charge on any atom is 0.244 e. The fourth-order valence-corrected chi connectivity index (χ4v) is 4.66. The second kappa shape index (κ2) is 12.4. The normalized spacial score (nSPS) is 11.9. The van der Waals surface area contributed by atoms with Crippen molar-refractivity contribution in [3.05, 3.63) is 53.6 Å². The first-order valence-corrected chi connectivity index (χ1v) is 13.2. The van der Waals surface area contributed by atoms with Gasteiger partial charge in [0, 0.05) is 19.2 Å². The lowest BCUT2D eigenvalue weighted by Gasteiger charge is -2.33. The number of hydrogen-bond acceptors (Lipinski definition) is 6. The van der Waals surface area contributed by atoms with Crippen LogP contribution in [0.15, 0.2) is 42.5 Å². The smallest absolute Gasteiger partial charge is 0.244 e. The van der Waals surface area contributed by atoms with E-state index in [1.165, 1.54) is 25.2 Å². The van der Waals surface area contributed by atoms with Crippen molar-refractivity contribution < 1.29 is 27.5 Å². The molecule has 0 fully saturated rings. The zero-order valence-electron chi connectivity index (χ0n) is 21.2. The van der Waals surface area contributed by atoms with Gasteiger partial charge < -0.3 is 19.7 Å². The van der Waals surface area contributed by atoms with Crippen LogP contribution in [-0.2, 0) is 26.2 Å². The summed E-state index contributed by atoms with van der Waals surface area (Å²) in [7, 11) is -0.979. The monoisotopic (exact) mass is 505 g/mol. The minimum absolute atomic E-state index is 0.160. The van der Waals surface area contributed by atoms with E-state index in [2.05, 4.69) is 5.32 Å². The Kier molecular flexibility index (Phi) is 9.94. The number of nitrogens with zero attached hydrogens (tertiary/aromatic N) is 2. The van der Waals surface area contributed by atoms with E-state index in [1.54, 1.807) is 19.1 Å². The highest BCUT2D eigenvalue weighted by Gasteiger charge is 2.32. The first kappa shape index (κ1) is 28.0. The average Bonchev–Trinajstić information content (AvgIpc) is 2.81. The molecule has 0 aliphatic rings. The highest BCUT2D eigenvalue weighted by Crippen LogP contribution is 2.33. The summed E-state index contributed by atoms with van der Waals surface area (Å²) in [5.74, 6) is -0.0749. The van der Waals surface area contributed by atoms with Gasteiger partial charge in [-0.1, -0.05) is 36.8 Å². The van der Waals surface area contributed by atoms with Gasteiger partial charge in [0.1, 0.15) is 24.1 Å². The lowest BCUT2D eigenvalue weighted by Crippen LogP contribution is -2.52. The number of rotatable bonds is 12. The molecule has 0 bridgehead atoms. The van der Waals surface area contributed by atoms with Gasteiger partial charge in [0.25, 0.3) is 0 Å². The van der Waals surface area contributed by atoms with Crippen LogP contribution in [0.5, 0.6) is 11.5 Å². The predicted octanol–water partition coefficient (Wildman–Crippen LogP) is 2.72. The Balaban J connectivity index is 2.50. The Hall–Kier alpha value is -3.27. The van der Waals surface area contributed by atoms with Crippen LogP contribution in [-0.4, -0.2) is 64.7 Å². The van der Waals surface area contributed by atoms with E-state index in [0.29, 0.717) is 18.7 Å². The Morgan fingerprint density at radius 3 is 2.31 bits per heavy atom. The fraction of sp³-hybridized carbons (Fsp3) is 0.440. The molecule has 0 saturated carbocycles. The van der Waals surface area contributed by atoms with Gasteiger partial charge in [-0.25, -0.2) is 8.42 Å². The van der Waals surface area contributed by atoms with Crippen molar-refractivity contribution in [2.24, 2.45) is 0 Å². The molecule has 35 heavy (non-hydrogen) atoms. The number of carbonyl (C=O) groups is 2. The van der Waals surface area contributed by atoms with Gasteiger partial charge in [-0.3, -0.25) is 13.9 Å². The number of amides is 2. The molecule has 0 spiro atoms. The molecule has 2 amide bonds. The molecule has 2 rings (SSSR count). The van der Waals surface area contributed by atoms with Gasteiger partial charge in [-0.05, 0) is 38.0 Å². The van der Waals surface area contributed by atoms with Crippen molar-refractivity contribution in [3.8, 4) is 11.5 Å². The molecule has 1 N–H and O–H groups in total. The number of likely N-dealkylation sites (N-methyl/N-ethyl adjacent to an activating group) is 1. The van der Waals surface area contributed by atoms with Crippen molar-refractivity contribution in [2.75, 3.05) is 37.9 Å². The van der Waals surface area contributed by atoms with Crippen LogP contribution in [0, 0.1) is 6.92 Å². The van der Waals surface area contributed by atoms with Crippen LogP contribution in [0.25, 0.3) is 0 Å². The molecule has 0 heterocycles. The number of aryl methyl sites for hydroxylation is 1. The van der Waals surface area contributed by atoms with E-state index in [9.17, 15) is 18.0 Å². The van der Waals surface area contributed by atoms with E-state index in [-0.39, 0.29) is 23.9 Å². The topological polar surface area (TPSA) is 105 Å². The minimum Gasteiger partial charge on any atom is -0.497 e. The number of anilines is 1. The first-order valence-electron chi connectivity index (χ1n) is 11.4. The van der Waals surface area contributed by atoms with Crippen molar-refractivity contribution in [1.29, 1.82) is 0 Å². The number of ether oxygens (including phenoxy) is 2. The third-order valence-corrected chi connectivity index (χ3v) is 6.63. The second-order valence-corrected chi connectivity index (χ2v) is 10.0. The molecule has 10 heteroatoms. The van der Waals surface area contributed by atoms with Gasteiger partial charge in [0.05, 0.1) is 26.2 Å². The van der Waals surface area contributed by atoms with Crippen LogP contribution < -0.4 is 19.1 Å². The van der Waals surface area contributed by atoms with Gasteiger partial charge in [-0.15, -0.1) is 0 Å². The highest BCUT2D eigenvalue weighted by molar-refractivity contribution is 7.92. The number of nitrogens with one attached hydrogen (secondary N) is 1. The van der Waals surface area contributed by atoms with Gasteiger partial charge in [0.15, 0.2) is 0 Å². The third-order valence-electron chi connectivity index (χ3n) is 5.51. The molecule has 0 aliphatic heterocycles. The van der Waals surface area contributed by atoms with E-state index in [0.717, 1.165) is 21.7 Å². The molecule has 1 atom stereocenters. The van der Waals surface area contributed by atoms with Gasteiger partial charge >= 0.3 is 0 Å². The van der Waals surface area contributed by atoms with Crippen molar-refractivity contribution >= 4 is 27.5 Å². The molecule has 192 valence electrons. The molecular weight excluding hydrogens is 470 g/mol. The molecule has 2 aromatic carbocycles. The summed E-state index contributed by atoms with van der Waals surface area (Å²) in [5, 5.41) is 2.78. The zero-order valence-corrected chi connectivity index (χ0v) is 22.0. The third kappa shape index (κ3) is 7.35. The molecule has 0 aromatic heterocycles. The quantitative estimate of drug-likeness (QED) is 0.476. The van der Waals surface area contributed by atoms with Crippen LogP contribution >= 0.6 is 0 Å². The number of methoxy groups -OCH3 is 2. The van der Waals surface area contributed by atoms with Crippen LogP contribution in [0.1, 0.15) is 31.4 Å². The summed E-state index contributed by atoms with van der Waals surface area (Å²) in [6.45, 7) is 5.64. The first-order chi connectivity index (χ1) is 16.5. The minimum atomic E-state index is -3.88. The second-order valence-electron chi connectivity index (χ2n) is 8.14. The van der Waals surface area contributed by atoms with Crippen molar-refractivity contribution in [2.45, 2.75) is 39.8 Å². The lowest BCUT2D eigenvalue weighted by molar-refractivity contribution is -0.140. The summed E-state index contributed by atoms with van der Waals surface area (Å²) < 4.78 is 37.1. The Morgan fingerprint density at radius 2 is 1.77 bits per heavy atom. The standard InChI is InChI=1S/C25H35N3O6S/c1-7-21(25(30)26-8-2)27(16-19-11-9-10-18(3)14-19)24(29)17-28(35(6,31)32)22-13-12-20(33-4)15-23(22)34-5/h9-15,21H,7-8,16-17H2,1-6H3,(H,26,30)/t21-/m0/s1. The molecule has 0 saturated heterocycles. The van der Waals surface area contributed by atoms with E-state index < -0.39 is 28.5 Å². The van der Waals surface area contributed by atoms with Crippen LogP contribution in [0.3, 0.4) is 0 Å². The number of benzene rings is 2. The molecule has 0 aliphatic carbocycles. The van der Waals surface area contributed by atoms with Gasteiger partial charge in [0.2, 0.25) is 21.8 Å². The SMILES string of the molecule is CCNC(=O)[C@H](CC)N(Cc1cccc(C)c1)C(=O)CN(c1ccc(OC)cc1OC)S(C)(=O)=O. The Labute approximate surface area is 208 Å². The van der Waals surface area contributed by atoms with E-state index >= 15 is 0 Å². The van der Waals surface area contributed by atoms with E-state index in [4.69, 9.17) is 9.47 Å². The summed E-state index contributed by atoms with van der Waals surface area (Å²) >= 11 is 0. The fourth-order valence-electron chi connectivity index (χ4n) is 3.80. The Bertz CT molecular complexity index is 1140. The van der Waals surface area contributed by atoms with Crippen LogP contribution in [0.4, 0.5) is 5.69 Å². The zero-order chi connectivity index (χ0) is 26.2. The van der Waals surface area contributed by atoms with Crippen molar-refractivity contribution in [3.63, 3.8) is 0 Å². The highest BCUT2D eigenvalue weighted by atomic mass is 32.2. The summed E-state index contributed by atoms with van der Waals surface area (Å²) in [6, 6.07) is 11.5. The molecule has 0 unspecified atom stereocenters. The lowest BCUT2D eigenvalue weighted by atomic mass is 10.1. The maximum atomic E-state index is 13.7. The van der Waals surface area contributed by atoms with Crippen LogP contribution in [0.2, 0.25) is 0 Å². The number of sulfonamides is 1. The Morgan fingerprint density at radius 1 is 1.06 bits per heavy atom. The maximum absolute atomic E-state index is 13.7. The summed E-state index contributed by atoms with van der Waals surface area (Å²) in [6.07, 6.45) is 1.39. The van der Waals surface area contributed by atoms with Gasteiger partial charge in [-0.2, -0.15) is 0 Å². The summed E-state index contributed by atoms with van der Waals surface area (Å²) in [5.41, 5.74) is 2.06. The largest absolute Gasteiger partial charge is 0.497 e. The molecule has 2 aromatic rings. The van der Waals surface area contributed by atoms with E-state index in [1.807, 2.05) is 38.1 Å². The molecule has 0 radical (unpaired) electrons. The predicted molar refractivity (Wildman–Crippen MR) is 136 cm³/mol. The molecular formula is C25H35N3O6S. The molecule has 9 nitrogen and oxygen atoms in total. The number of carbonyl (C=O) groups excluding carboxylic acids is 2.